The van der Waals surface area contributed by atoms with E-state index >= 15 is 0 Å². The third-order valence-electron chi connectivity index (χ3n) is 2.95. The quantitative estimate of drug-likeness (QED) is 0.770. The summed E-state index contributed by atoms with van der Waals surface area (Å²) in [5.74, 6) is 1.60. The summed E-state index contributed by atoms with van der Waals surface area (Å²) in [5.41, 5.74) is 1.44. The van der Waals surface area contributed by atoms with Crippen molar-refractivity contribution < 1.29 is 0 Å². The molecule has 1 aliphatic carbocycles. The molecule has 1 saturated carbocycles. The lowest BCUT2D eigenvalue weighted by Gasteiger charge is -2.05. The number of hydrogen-bond donors (Lipinski definition) is 1. The van der Waals surface area contributed by atoms with Crippen molar-refractivity contribution in [3.63, 3.8) is 0 Å². The summed E-state index contributed by atoms with van der Waals surface area (Å²) >= 11 is 0. The molecule has 1 aromatic rings. The van der Waals surface area contributed by atoms with Crippen molar-refractivity contribution in [3.05, 3.63) is 18.0 Å². The first-order chi connectivity index (χ1) is 6.86. The Morgan fingerprint density at radius 3 is 3.21 bits per heavy atom. The Morgan fingerprint density at radius 1 is 1.64 bits per heavy atom. The van der Waals surface area contributed by atoms with Crippen LogP contribution in [0.2, 0.25) is 0 Å². The Morgan fingerprint density at radius 2 is 2.50 bits per heavy atom. The molecule has 0 aromatic carbocycles. The molecule has 0 spiro atoms. The summed E-state index contributed by atoms with van der Waals surface area (Å²) in [6.45, 7) is 4.40. The first kappa shape index (κ1) is 9.71. The van der Waals surface area contributed by atoms with Gasteiger partial charge < -0.3 is 5.32 Å². The van der Waals surface area contributed by atoms with E-state index in [0.29, 0.717) is 0 Å². The number of nitrogens with one attached hydrogen (secondary N) is 1. The largest absolute Gasteiger partial charge is 0.319 e. The van der Waals surface area contributed by atoms with Gasteiger partial charge in [-0.25, -0.2) is 0 Å². The molecule has 2 atom stereocenters. The van der Waals surface area contributed by atoms with E-state index in [-0.39, 0.29) is 0 Å². The van der Waals surface area contributed by atoms with Gasteiger partial charge in [-0.05, 0) is 38.4 Å². The van der Waals surface area contributed by atoms with E-state index in [2.05, 4.69) is 28.1 Å². The molecule has 0 bridgehead atoms. The topological polar surface area (TPSA) is 29.9 Å². The van der Waals surface area contributed by atoms with E-state index in [4.69, 9.17) is 0 Å². The van der Waals surface area contributed by atoms with Crippen LogP contribution >= 0.6 is 0 Å². The predicted octanol–water partition coefficient (Wildman–Crippen LogP) is 1.62. The van der Waals surface area contributed by atoms with Crippen LogP contribution in [0, 0.1) is 5.92 Å². The normalized spacial score (nSPS) is 25.3. The fourth-order valence-corrected chi connectivity index (χ4v) is 2.15. The van der Waals surface area contributed by atoms with Crippen LogP contribution < -0.4 is 5.32 Å². The molecule has 1 fully saturated rings. The SMILES string of the molecule is CCCn1nccc1C1CC1CNC. The molecule has 0 radical (unpaired) electrons. The number of aromatic nitrogens is 2. The first-order valence-corrected chi connectivity index (χ1v) is 5.53. The van der Waals surface area contributed by atoms with Gasteiger partial charge >= 0.3 is 0 Å². The smallest absolute Gasteiger partial charge is 0.0492 e. The lowest BCUT2D eigenvalue weighted by Crippen LogP contribution is -2.11. The van der Waals surface area contributed by atoms with E-state index in [1.807, 2.05) is 13.2 Å². The van der Waals surface area contributed by atoms with Gasteiger partial charge in [0.25, 0.3) is 0 Å². The van der Waals surface area contributed by atoms with Crippen LogP contribution in [0.5, 0.6) is 0 Å². The van der Waals surface area contributed by atoms with Gasteiger partial charge in [0.15, 0.2) is 0 Å². The van der Waals surface area contributed by atoms with Crippen molar-refractivity contribution in [2.45, 2.75) is 32.2 Å². The van der Waals surface area contributed by atoms with E-state index < -0.39 is 0 Å². The lowest BCUT2D eigenvalue weighted by atomic mass is 10.2. The van der Waals surface area contributed by atoms with E-state index in [9.17, 15) is 0 Å². The molecule has 2 rings (SSSR count). The van der Waals surface area contributed by atoms with Crippen LogP contribution in [0.25, 0.3) is 0 Å². The van der Waals surface area contributed by atoms with E-state index in [1.54, 1.807) is 0 Å². The van der Waals surface area contributed by atoms with Gasteiger partial charge in [-0.15, -0.1) is 0 Å². The monoisotopic (exact) mass is 193 g/mol. The maximum atomic E-state index is 4.36. The highest BCUT2D eigenvalue weighted by molar-refractivity contribution is 5.17. The molecule has 14 heavy (non-hydrogen) atoms. The van der Waals surface area contributed by atoms with Crippen molar-refractivity contribution in [2.24, 2.45) is 5.92 Å². The summed E-state index contributed by atoms with van der Waals surface area (Å²) in [4.78, 5) is 0. The summed E-state index contributed by atoms with van der Waals surface area (Å²) in [6.07, 6.45) is 4.42. The summed E-state index contributed by atoms with van der Waals surface area (Å²) < 4.78 is 2.17. The third kappa shape index (κ3) is 1.82. The highest BCUT2D eigenvalue weighted by Gasteiger charge is 2.39. The maximum Gasteiger partial charge on any atom is 0.0492 e. The second-order valence-electron chi connectivity index (χ2n) is 4.14. The van der Waals surface area contributed by atoms with Crippen molar-refractivity contribution in [2.75, 3.05) is 13.6 Å². The minimum Gasteiger partial charge on any atom is -0.319 e. The van der Waals surface area contributed by atoms with Crippen LogP contribution in [-0.4, -0.2) is 23.4 Å². The Kier molecular flexibility index (Phi) is 2.87. The zero-order chi connectivity index (χ0) is 9.97. The third-order valence-corrected chi connectivity index (χ3v) is 2.95. The molecule has 0 aliphatic heterocycles. The Hall–Kier alpha value is -0.830. The van der Waals surface area contributed by atoms with Gasteiger partial charge in [0.1, 0.15) is 0 Å². The molecule has 2 unspecified atom stereocenters. The fourth-order valence-electron chi connectivity index (χ4n) is 2.15. The molecule has 1 aromatic heterocycles. The number of hydrogen-bond acceptors (Lipinski definition) is 2. The maximum absolute atomic E-state index is 4.36. The van der Waals surface area contributed by atoms with Gasteiger partial charge in [0, 0.05) is 24.4 Å². The summed E-state index contributed by atoms with van der Waals surface area (Å²) in [6, 6.07) is 2.18. The van der Waals surface area contributed by atoms with Crippen LogP contribution in [0.3, 0.4) is 0 Å². The number of nitrogens with zero attached hydrogens (tertiary/aromatic N) is 2. The molecule has 0 amide bonds. The van der Waals surface area contributed by atoms with Crippen molar-refractivity contribution in [1.29, 1.82) is 0 Å². The Labute approximate surface area is 85.5 Å². The Balaban J connectivity index is 1.99. The van der Waals surface area contributed by atoms with Gasteiger partial charge in [-0.2, -0.15) is 5.10 Å². The fraction of sp³-hybridized carbons (Fsp3) is 0.727. The van der Waals surface area contributed by atoms with Crippen molar-refractivity contribution >= 4 is 0 Å². The molecule has 1 aliphatic rings. The molecular formula is C11H19N3. The average Bonchev–Trinajstić information content (AvgIpc) is 2.77. The molecule has 1 heterocycles. The summed E-state index contributed by atoms with van der Waals surface area (Å²) in [5, 5.41) is 7.60. The minimum atomic E-state index is 0.761. The van der Waals surface area contributed by atoms with E-state index in [0.717, 1.165) is 31.3 Å². The second kappa shape index (κ2) is 4.13. The Bertz CT molecular complexity index is 292. The molecule has 78 valence electrons. The zero-order valence-electron chi connectivity index (χ0n) is 9.03. The molecule has 0 saturated heterocycles. The van der Waals surface area contributed by atoms with Crippen LogP contribution in [0.4, 0.5) is 0 Å². The highest BCUT2D eigenvalue weighted by Crippen LogP contribution is 2.46. The number of aryl methyl sites for hydroxylation is 1. The van der Waals surface area contributed by atoms with Crippen LogP contribution in [-0.2, 0) is 6.54 Å². The first-order valence-electron chi connectivity index (χ1n) is 5.53. The van der Waals surface area contributed by atoms with Crippen molar-refractivity contribution in [1.82, 2.24) is 15.1 Å². The van der Waals surface area contributed by atoms with Gasteiger partial charge in [-0.3, -0.25) is 4.68 Å². The molecule has 1 N–H and O–H groups in total. The van der Waals surface area contributed by atoms with Gasteiger partial charge in [0.05, 0.1) is 0 Å². The summed E-state index contributed by atoms with van der Waals surface area (Å²) in [7, 11) is 2.03. The van der Waals surface area contributed by atoms with Gasteiger partial charge in [0.2, 0.25) is 0 Å². The molecular weight excluding hydrogens is 174 g/mol. The standard InChI is InChI=1S/C11H19N3/c1-3-6-14-11(4-5-13-14)10-7-9(10)8-12-2/h4-5,9-10,12H,3,6-8H2,1-2H3. The zero-order valence-corrected chi connectivity index (χ0v) is 9.03. The predicted molar refractivity (Wildman–Crippen MR) is 57.3 cm³/mol. The van der Waals surface area contributed by atoms with Crippen molar-refractivity contribution in [3.8, 4) is 0 Å². The molecule has 3 heteroatoms. The lowest BCUT2D eigenvalue weighted by molar-refractivity contribution is 0.565. The van der Waals surface area contributed by atoms with Crippen LogP contribution in [0.15, 0.2) is 12.3 Å². The minimum absolute atomic E-state index is 0.761. The molecule has 3 nitrogen and oxygen atoms in total. The van der Waals surface area contributed by atoms with E-state index in [1.165, 1.54) is 12.1 Å². The van der Waals surface area contributed by atoms with Crippen LogP contribution in [0.1, 0.15) is 31.4 Å². The van der Waals surface area contributed by atoms with Gasteiger partial charge in [-0.1, -0.05) is 6.92 Å². The second-order valence-corrected chi connectivity index (χ2v) is 4.14. The number of rotatable bonds is 5. The highest BCUT2D eigenvalue weighted by atomic mass is 15.3. The average molecular weight is 193 g/mol.